The van der Waals surface area contributed by atoms with E-state index in [0.717, 1.165) is 25.0 Å². The molecule has 8 heteroatoms. The van der Waals surface area contributed by atoms with Crippen molar-refractivity contribution in [3.8, 4) is 0 Å². The van der Waals surface area contributed by atoms with Crippen molar-refractivity contribution in [2.75, 3.05) is 13.6 Å². The van der Waals surface area contributed by atoms with E-state index in [1.54, 1.807) is 13.1 Å². The summed E-state index contributed by atoms with van der Waals surface area (Å²) in [7, 11) is 1.44. The summed E-state index contributed by atoms with van der Waals surface area (Å²) in [5, 5.41) is 12.4. The van der Waals surface area contributed by atoms with E-state index >= 15 is 0 Å². The number of carbonyl (C=O) groups is 2. The van der Waals surface area contributed by atoms with E-state index in [4.69, 9.17) is 5.73 Å². The minimum Gasteiger partial charge on any atom is -0.341 e. The fraction of sp³-hybridized carbons (Fsp3) is 0.636. The quantitative estimate of drug-likeness (QED) is 0.606. The minimum atomic E-state index is -0.590. The number of carbonyl (C=O) groups excluding carboxylic acids is 2. The van der Waals surface area contributed by atoms with E-state index < -0.39 is 18.0 Å². The Bertz CT molecular complexity index is 431. The Balaban J connectivity index is 2.54. The van der Waals surface area contributed by atoms with Crippen LogP contribution in [-0.2, 0) is 11.2 Å². The average molecular weight is 268 g/mol. The van der Waals surface area contributed by atoms with Crippen molar-refractivity contribution in [2.24, 2.45) is 5.73 Å². The van der Waals surface area contributed by atoms with Gasteiger partial charge in [0.15, 0.2) is 0 Å². The van der Waals surface area contributed by atoms with Gasteiger partial charge in [-0.15, -0.1) is 5.10 Å². The van der Waals surface area contributed by atoms with Gasteiger partial charge in [0.25, 0.3) is 5.91 Å². The summed E-state index contributed by atoms with van der Waals surface area (Å²) < 4.78 is 1.44. The number of hydrogen-bond acceptors (Lipinski definition) is 5. The summed E-state index contributed by atoms with van der Waals surface area (Å²) in [4.78, 5) is 22.7. The lowest BCUT2D eigenvalue weighted by Gasteiger charge is -2.10. The highest BCUT2D eigenvalue weighted by atomic mass is 16.2. The van der Waals surface area contributed by atoms with Crippen molar-refractivity contribution >= 4 is 11.9 Å². The number of nitrogens with one attached hydrogen (secondary N) is 2. The molecule has 1 aromatic heterocycles. The van der Waals surface area contributed by atoms with Crippen LogP contribution in [0.2, 0.25) is 0 Å². The van der Waals surface area contributed by atoms with E-state index in [2.05, 4.69) is 20.9 Å². The zero-order valence-corrected chi connectivity index (χ0v) is 11.2. The number of nitrogens with zero attached hydrogens (tertiary/aromatic N) is 3. The number of aryl methyl sites for hydroxylation is 1. The molecule has 1 rings (SSSR count). The Labute approximate surface area is 111 Å². The van der Waals surface area contributed by atoms with Gasteiger partial charge in [-0.3, -0.25) is 10.1 Å². The smallest absolute Gasteiger partial charge is 0.321 e. The summed E-state index contributed by atoms with van der Waals surface area (Å²) in [6.07, 6.45) is 4.36. The van der Waals surface area contributed by atoms with Crippen molar-refractivity contribution in [3.63, 3.8) is 0 Å². The molecule has 0 aliphatic carbocycles. The molecule has 1 atom stereocenters. The molecule has 0 aliphatic heterocycles. The fourth-order valence-electron chi connectivity index (χ4n) is 1.47. The van der Waals surface area contributed by atoms with Gasteiger partial charge in [-0.2, -0.15) is 0 Å². The molecule has 1 aromatic rings. The molecule has 0 bridgehead atoms. The number of aromatic nitrogens is 3. The van der Waals surface area contributed by atoms with E-state index in [1.807, 2.05) is 0 Å². The normalized spacial score (nSPS) is 11.9. The Morgan fingerprint density at radius 1 is 1.47 bits per heavy atom. The third-order valence-electron chi connectivity index (χ3n) is 2.68. The molecular weight excluding hydrogens is 248 g/mol. The maximum absolute atomic E-state index is 11.7. The highest BCUT2D eigenvalue weighted by molar-refractivity contribution is 5.95. The summed E-state index contributed by atoms with van der Waals surface area (Å²) in [6, 6.07) is -1.13. The van der Waals surface area contributed by atoms with Crippen LogP contribution < -0.4 is 16.4 Å². The molecule has 106 valence electrons. The molecule has 3 amide bonds. The lowest BCUT2D eigenvalue weighted by atomic mass is 10.2. The third-order valence-corrected chi connectivity index (χ3v) is 2.68. The van der Waals surface area contributed by atoms with Gasteiger partial charge in [0.2, 0.25) is 0 Å². The SMILES string of the molecule is CNC(=O)NC(=O)C(C)n1cc(CCCCN)nn1. The summed E-state index contributed by atoms with van der Waals surface area (Å²) in [5.41, 5.74) is 6.23. The monoisotopic (exact) mass is 268 g/mol. The van der Waals surface area contributed by atoms with Crippen LogP contribution in [-0.4, -0.2) is 40.5 Å². The van der Waals surface area contributed by atoms with Crippen LogP contribution >= 0.6 is 0 Å². The highest BCUT2D eigenvalue weighted by Gasteiger charge is 2.18. The maximum Gasteiger partial charge on any atom is 0.321 e. The Hall–Kier alpha value is -1.96. The molecule has 1 unspecified atom stereocenters. The lowest BCUT2D eigenvalue weighted by molar-refractivity contribution is -0.123. The Kier molecular flexibility index (Phi) is 5.94. The number of hydrogen-bond donors (Lipinski definition) is 3. The molecule has 0 saturated carbocycles. The molecule has 19 heavy (non-hydrogen) atoms. The predicted molar refractivity (Wildman–Crippen MR) is 69.3 cm³/mol. The number of rotatable bonds is 6. The fourth-order valence-corrected chi connectivity index (χ4v) is 1.47. The number of amides is 3. The van der Waals surface area contributed by atoms with Crippen molar-refractivity contribution < 1.29 is 9.59 Å². The van der Waals surface area contributed by atoms with Gasteiger partial charge in [0.1, 0.15) is 6.04 Å². The number of unbranched alkanes of at least 4 members (excludes halogenated alkanes) is 1. The lowest BCUT2D eigenvalue weighted by Crippen LogP contribution is -2.40. The number of nitrogens with two attached hydrogens (primary N) is 1. The molecule has 4 N–H and O–H groups in total. The first kappa shape index (κ1) is 15.1. The second-order valence-corrected chi connectivity index (χ2v) is 4.18. The van der Waals surface area contributed by atoms with Gasteiger partial charge in [-0.25, -0.2) is 9.48 Å². The van der Waals surface area contributed by atoms with Crippen LogP contribution in [0.4, 0.5) is 4.79 Å². The van der Waals surface area contributed by atoms with Gasteiger partial charge < -0.3 is 11.1 Å². The highest BCUT2D eigenvalue weighted by Crippen LogP contribution is 2.06. The van der Waals surface area contributed by atoms with Gasteiger partial charge in [-0.1, -0.05) is 5.21 Å². The standard InChI is InChI=1S/C11H20N6O2/c1-8(10(18)14-11(19)13-2)17-7-9(15-16-17)5-3-4-6-12/h7-8H,3-6,12H2,1-2H3,(H2,13,14,18,19). The topological polar surface area (TPSA) is 115 Å². The molecule has 0 spiro atoms. The zero-order valence-electron chi connectivity index (χ0n) is 11.2. The van der Waals surface area contributed by atoms with Crippen LogP contribution in [0.1, 0.15) is 31.5 Å². The molecule has 8 nitrogen and oxygen atoms in total. The van der Waals surface area contributed by atoms with Gasteiger partial charge >= 0.3 is 6.03 Å². The molecule has 0 aromatic carbocycles. The van der Waals surface area contributed by atoms with Crippen LogP contribution in [0.25, 0.3) is 0 Å². The second kappa shape index (κ2) is 7.47. The molecule has 0 fully saturated rings. The molecule has 1 heterocycles. The van der Waals surface area contributed by atoms with Gasteiger partial charge in [0.05, 0.1) is 5.69 Å². The number of urea groups is 1. The second-order valence-electron chi connectivity index (χ2n) is 4.18. The third kappa shape index (κ3) is 4.66. The zero-order chi connectivity index (χ0) is 14.3. The van der Waals surface area contributed by atoms with Crippen molar-refractivity contribution in [2.45, 2.75) is 32.2 Å². The van der Waals surface area contributed by atoms with Crippen LogP contribution in [0.15, 0.2) is 6.20 Å². The predicted octanol–water partition coefficient (Wildman–Crippen LogP) is -0.424. The Morgan fingerprint density at radius 2 is 2.21 bits per heavy atom. The first-order valence-electron chi connectivity index (χ1n) is 6.21. The maximum atomic E-state index is 11.7. The van der Waals surface area contributed by atoms with Crippen LogP contribution in [0.5, 0.6) is 0 Å². The minimum absolute atomic E-state index is 0.433. The Morgan fingerprint density at radius 3 is 2.84 bits per heavy atom. The van der Waals surface area contributed by atoms with E-state index in [1.165, 1.54) is 11.7 Å². The molecule has 0 radical (unpaired) electrons. The van der Waals surface area contributed by atoms with Crippen molar-refractivity contribution in [1.82, 2.24) is 25.6 Å². The first-order valence-corrected chi connectivity index (χ1v) is 6.21. The first-order chi connectivity index (χ1) is 9.08. The van der Waals surface area contributed by atoms with Crippen LogP contribution in [0, 0.1) is 0 Å². The van der Waals surface area contributed by atoms with Crippen LogP contribution in [0.3, 0.4) is 0 Å². The van der Waals surface area contributed by atoms with E-state index in [9.17, 15) is 9.59 Å². The average Bonchev–Trinajstić information content (AvgIpc) is 2.86. The largest absolute Gasteiger partial charge is 0.341 e. The molecule has 0 aliphatic rings. The summed E-state index contributed by atoms with van der Waals surface area (Å²) in [6.45, 7) is 2.30. The van der Waals surface area contributed by atoms with E-state index in [-0.39, 0.29) is 0 Å². The molecule has 0 saturated heterocycles. The van der Waals surface area contributed by atoms with E-state index in [0.29, 0.717) is 6.54 Å². The number of imide groups is 1. The van der Waals surface area contributed by atoms with Crippen molar-refractivity contribution in [3.05, 3.63) is 11.9 Å². The van der Waals surface area contributed by atoms with Crippen molar-refractivity contribution in [1.29, 1.82) is 0 Å². The van der Waals surface area contributed by atoms with Gasteiger partial charge in [-0.05, 0) is 32.7 Å². The summed E-state index contributed by atoms with van der Waals surface area (Å²) in [5.74, 6) is -0.433. The summed E-state index contributed by atoms with van der Waals surface area (Å²) >= 11 is 0. The molecular formula is C11H20N6O2. The van der Waals surface area contributed by atoms with Gasteiger partial charge in [0, 0.05) is 13.2 Å².